The number of aromatic nitrogens is 1. The molecule has 29 heavy (non-hydrogen) atoms. The van der Waals surface area contributed by atoms with Crippen LogP contribution in [0.15, 0.2) is 46.9 Å². The molecule has 1 atom stereocenters. The fraction of sp³-hybridized carbons (Fsp3) is 0.333. The molecule has 3 aromatic rings. The molecule has 2 aromatic carbocycles. The summed E-state index contributed by atoms with van der Waals surface area (Å²) in [7, 11) is 2.03. The molecule has 0 saturated carbocycles. The first-order chi connectivity index (χ1) is 13.9. The van der Waals surface area contributed by atoms with Gasteiger partial charge in [0.15, 0.2) is 5.58 Å². The SMILES string of the molecule is CC(Nc1nc2ccccc2o1)C(=O)NCCCN(C)Cc1ccc(Cl)c(Cl)c1. The van der Waals surface area contributed by atoms with Crippen LogP contribution in [0.4, 0.5) is 6.01 Å². The van der Waals surface area contributed by atoms with E-state index in [2.05, 4.69) is 20.5 Å². The summed E-state index contributed by atoms with van der Waals surface area (Å²) in [4.78, 5) is 18.8. The van der Waals surface area contributed by atoms with E-state index in [0.29, 0.717) is 28.2 Å². The molecule has 1 unspecified atom stereocenters. The average Bonchev–Trinajstić information content (AvgIpc) is 3.10. The summed E-state index contributed by atoms with van der Waals surface area (Å²) in [6.07, 6.45) is 0.833. The third kappa shape index (κ3) is 6.10. The van der Waals surface area contributed by atoms with Gasteiger partial charge in [-0.3, -0.25) is 4.79 Å². The molecule has 0 saturated heterocycles. The van der Waals surface area contributed by atoms with Crippen molar-refractivity contribution in [2.75, 3.05) is 25.5 Å². The molecule has 2 N–H and O–H groups in total. The van der Waals surface area contributed by atoms with Gasteiger partial charge in [0.25, 0.3) is 6.01 Å². The number of nitrogens with zero attached hydrogens (tertiary/aromatic N) is 2. The van der Waals surface area contributed by atoms with Gasteiger partial charge in [-0.25, -0.2) is 0 Å². The summed E-state index contributed by atoms with van der Waals surface area (Å²) in [5.41, 5.74) is 2.54. The van der Waals surface area contributed by atoms with Crippen molar-refractivity contribution in [3.8, 4) is 0 Å². The van der Waals surface area contributed by atoms with Crippen LogP contribution in [0, 0.1) is 0 Å². The number of benzene rings is 2. The maximum atomic E-state index is 12.3. The molecular weight excluding hydrogens is 411 g/mol. The first-order valence-electron chi connectivity index (χ1n) is 9.44. The molecule has 0 aliphatic rings. The van der Waals surface area contributed by atoms with E-state index in [-0.39, 0.29) is 5.91 Å². The minimum atomic E-state index is -0.447. The van der Waals surface area contributed by atoms with Crippen LogP contribution in [0.2, 0.25) is 10.0 Å². The summed E-state index contributed by atoms with van der Waals surface area (Å²) in [6.45, 7) is 3.97. The Kier molecular flexibility index (Phi) is 7.36. The van der Waals surface area contributed by atoms with Gasteiger partial charge in [-0.05, 0) is 56.8 Å². The Hall–Kier alpha value is -2.28. The van der Waals surface area contributed by atoms with Crippen molar-refractivity contribution in [1.29, 1.82) is 0 Å². The van der Waals surface area contributed by atoms with Crippen LogP contribution >= 0.6 is 23.2 Å². The first-order valence-corrected chi connectivity index (χ1v) is 10.2. The number of carbonyl (C=O) groups excluding carboxylic acids is 1. The molecule has 0 radical (unpaired) electrons. The van der Waals surface area contributed by atoms with Crippen molar-refractivity contribution in [2.45, 2.75) is 25.9 Å². The van der Waals surface area contributed by atoms with Gasteiger partial charge in [-0.2, -0.15) is 4.98 Å². The average molecular weight is 435 g/mol. The van der Waals surface area contributed by atoms with Gasteiger partial charge in [0.2, 0.25) is 5.91 Å². The van der Waals surface area contributed by atoms with Gasteiger partial charge >= 0.3 is 0 Å². The predicted molar refractivity (Wildman–Crippen MR) is 118 cm³/mol. The molecule has 1 heterocycles. The number of rotatable bonds is 9. The molecule has 8 heteroatoms. The van der Waals surface area contributed by atoms with Crippen LogP contribution in [0.5, 0.6) is 0 Å². The van der Waals surface area contributed by atoms with Gasteiger partial charge < -0.3 is 20.0 Å². The Bertz CT molecular complexity index is 943. The normalized spacial score (nSPS) is 12.3. The molecule has 154 valence electrons. The van der Waals surface area contributed by atoms with Crippen LogP contribution < -0.4 is 10.6 Å². The smallest absolute Gasteiger partial charge is 0.296 e. The summed E-state index contributed by atoms with van der Waals surface area (Å²) in [5.74, 6) is -0.0978. The summed E-state index contributed by atoms with van der Waals surface area (Å²) < 4.78 is 5.59. The van der Waals surface area contributed by atoms with Gasteiger partial charge in [0.1, 0.15) is 11.6 Å². The minimum absolute atomic E-state index is 0.0978. The number of anilines is 1. The Balaban J connectivity index is 1.37. The zero-order chi connectivity index (χ0) is 20.8. The molecule has 0 aliphatic carbocycles. The number of carbonyl (C=O) groups is 1. The fourth-order valence-corrected chi connectivity index (χ4v) is 3.25. The van der Waals surface area contributed by atoms with Crippen LogP contribution in [0.25, 0.3) is 11.1 Å². The van der Waals surface area contributed by atoms with Crippen LogP contribution in [0.1, 0.15) is 18.9 Å². The largest absolute Gasteiger partial charge is 0.424 e. The van der Waals surface area contributed by atoms with Gasteiger partial charge in [-0.1, -0.05) is 41.4 Å². The first kappa shape index (κ1) is 21.4. The van der Waals surface area contributed by atoms with Crippen molar-refractivity contribution < 1.29 is 9.21 Å². The van der Waals surface area contributed by atoms with E-state index in [1.807, 2.05) is 43.4 Å². The molecule has 3 rings (SSSR count). The predicted octanol–water partition coefficient (Wildman–Crippen LogP) is 4.57. The Morgan fingerprint density at radius 3 is 2.76 bits per heavy atom. The lowest BCUT2D eigenvalue weighted by Gasteiger charge is -2.18. The van der Waals surface area contributed by atoms with Crippen molar-refractivity contribution in [1.82, 2.24) is 15.2 Å². The number of nitrogens with one attached hydrogen (secondary N) is 2. The number of amides is 1. The second kappa shape index (κ2) is 9.96. The molecule has 0 spiro atoms. The summed E-state index contributed by atoms with van der Waals surface area (Å²) in [5, 5.41) is 7.05. The molecule has 0 bridgehead atoms. The second-order valence-corrected chi connectivity index (χ2v) is 7.80. The molecule has 0 fully saturated rings. The molecule has 1 aromatic heterocycles. The van der Waals surface area contributed by atoms with E-state index in [9.17, 15) is 4.79 Å². The van der Waals surface area contributed by atoms with E-state index >= 15 is 0 Å². The van der Waals surface area contributed by atoms with E-state index in [0.717, 1.165) is 30.6 Å². The zero-order valence-corrected chi connectivity index (χ0v) is 17.9. The summed E-state index contributed by atoms with van der Waals surface area (Å²) >= 11 is 12.0. The minimum Gasteiger partial charge on any atom is -0.424 e. The Morgan fingerprint density at radius 2 is 2.00 bits per heavy atom. The highest BCUT2D eigenvalue weighted by molar-refractivity contribution is 6.42. The van der Waals surface area contributed by atoms with E-state index in [1.54, 1.807) is 13.0 Å². The monoisotopic (exact) mass is 434 g/mol. The van der Waals surface area contributed by atoms with Crippen LogP contribution in [-0.2, 0) is 11.3 Å². The molecule has 1 amide bonds. The lowest BCUT2D eigenvalue weighted by atomic mass is 10.2. The van der Waals surface area contributed by atoms with Crippen molar-refractivity contribution in [3.63, 3.8) is 0 Å². The van der Waals surface area contributed by atoms with E-state index in [1.165, 1.54) is 0 Å². The summed E-state index contributed by atoms with van der Waals surface area (Å²) in [6, 6.07) is 13.0. The lowest BCUT2D eigenvalue weighted by molar-refractivity contribution is -0.121. The van der Waals surface area contributed by atoms with Crippen molar-refractivity contribution in [2.24, 2.45) is 0 Å². The number of hydrogen-bond donors (Lipinski definition) is 2. The number of hydrogen-bond acceptors (Lipinski definition) is 5. The molecule has 6 nitrogen and oxygen atoms in total. The van der Waals surface area contributed by atoms with Gasteiger partial charge in [-0.15, -0.1) is 0 Å². The maximum Gasteiger partial charge on any atom is 0.296 e. The molecular formula is C21H24Cl2N4O2. The van der Waals surface area contributed by atoms with E-state index in [4.69, 9.17) is 27.6 Å². The topological polar surface area (TPSA) is 70.4 Å². The Labute approximate surface area is 180 Å². The highest BCUT2D eigenvalue weighted by Crippen LogP contribution is 2.23. The quantitative estimate of drug-likeness (QED) is 0.482. The highest BCUT2D eigenvalue weighted by atomic mass is 35.5. The Morgan fingerprint density at radius 1 is 1.21 bits per heavy atom. The van der Waals surface area contributed by atoms with Crippen LogP contribution in [-0.4, -0.2) is 42.0 Å². The fourth-order valence-electron chi connectivity index (χ4n) is 2.93. The highest BCUT2D eigenvalue weighted by Gasteiger charge is 2.15. The number of halogens is 2. The standard InChI is InChI=1S/C21H24Cl2N4O2/c1-14(25-21-26-18-6-3-4-7-19(18)29-21)20(28)24-10-5-11-27(2)13-15-8-9-16(22)17(23)12-15/h3-4,6-9,12,14H,5,10-11,13H2,1-2H3,(H,24,28)(H,25,26). The van der Waals surface area contributed by atoms with Gasteiger partial charge in [0, 0.05) is 13.1 Å². The van der Waals surface area contributed by atoms with Crippen molar-refractivity contribution in [3.05, 3.63) is 58.1 Å². The maximum absolute atomic E-state index is 12.3. The van der Waals surface area contributed by atoms with Crippen LogP contribution in [0.3, 0.4) is 0 Å². The third-order valence-corrected chi connectivity index (χ3v) is 5.22. The second-order valence-electron chi connectivity index (χ2n) is 6.98. The van der Waals surface area contributed by atoms with E-state index < -0.39 is 6.04 Å². The zero-order valence-electron chi connectivity index (χ0n) is 16.4. The lowest BCUT2D eigenvalue weighted by Crippen LogP contribution is -2.38. The third-order valence-electron chi connectivity index (χ3n) is 4.48. The molecule has 0 aliphatic heterocycles. The number of fused-ring (bicyclic) bond motifs is 1. The van der Waals surface area contributed by atoms with Crippen molar-refractivity contribution >= 4 is 46.2 Å². The number of oxazole rings is 1. The number of para-hydroxylation sites is 2. The van der Waals surface area contributed by atoms with Gasteiger partial charge in [0.05, 0.1) is 10.0 Å².